The van der Waals surface area contributed by atoms with E-state index in [0.29, 0.717) is 8.67 Å². The fraction of sp³-hybridized carbons (Fsp3) is 0.0667. The van der Waals surface area contributed by atoms with Gasteiger partial charge >= 0.3 is 0 Å². The van der Waals surface area contributed by atoms with Gasteiger partial charge in [-0.1, -0.05) is 81.1 Å². The molecule has 0 saturated heterocycles. The van der Waals surface area contributed by atoms with Crippen molar-refractivity contribution in [1.29, 1.82) is 0 Å². The van der Waals surface area contributed by atoms with Gasteiger partial charge in [0.1, 0.15) is 0 Å². The summed E-state index contributed by atoms with van der Waals surface area (Å²) in [4.78, 5) is -0.0130. The molecule has 102 valence electrons. The second-order valence-electron chi connectivity index (χ2n) is 4.32. The van der Waals surface area contributed by atoms with Crippen LogP contribution in [-0.4, -0.2) is 0 Å². The number of thiophene rings is 1. The third-order valence-corrected chi connectivity index (χ3v) is 5.97. The van der Waals surface area contributed by atoms with Gasteiger partial charge < -0.3 is 0 Å². The fourth-order valence-electron chi connectivity index (χ4n) is 2.20. The molecule has 2 aromatic carbocycles. The molecule has 0 spiro atoms. The Bertz CT molecular complexity index is 782. The first kappa shape index (κ1) is 14.7. The minimum Gasteiger partial charge on any atom is -0.111 e. The molecular formula is C15H8BrCl3S. The predicted molar refractivity (Wildman–Crippen MR) is 94.1 cm³/mol. The lowest BCUT2D eigenvalue weighted by Crippen LogP contribution is -1.93. The monoisotopic (exact) mass is 404 g/mol. The summed E-state index contributed by atoms with van der Waals surface area (Å²) in [6.07, 6.45) is 0. The van der Waals surface area contributed by atoms with Crippen LogP contribution in [0.4, 0.5) is 0 Å². The third-order valence-electron chi connectivity index (χ3n) is 3.13. The smallest absolute Gasteiger partial charge is 0.0990 e. The molecule has 0 saturated carbocycles. The van der Waals surface area contributed by atoms with E-state index in [9.17, 15) is 0 Å². The summed E-state index contributed by atoms with van der Waals surface area (Å²) in [6, 6.07) is 13.9. The number of alkyl halides is 1. The summed E-state index contributed by atoms with van der Waals surface area (Å²) in [6.45, 7) is 0. The number of rotatable bonds is 2. The molecule has 0 amide bonds. The summed E-state index contributed by atoms with van der Waals surface area (Å²) in [5.74, 6) is 0. The highest BCUT2D eigenvalue weighted by Crippen LogP contribution is 2.44. The van der Waals surface area contributed by atoms with Gasteiger partial charge in [0.15, 0.2) is 0 Å². The van der Waals surface area contributed by atoms with Crippen LogP contribution in [0.15, 0.2) is 42.5 Å². The van der Waals surface area contributed by atoms with Crippen LogP contribution in [0.2, 0.25) is 13.7 Å². The molecule has 0 aliphatic carbocycles. The predicted octanol–water partition coefficient (Wildman–Crippen LogP) is 7.35. The number of halogens is 4. The van der Waals surface area contributed by atoms with E-state index in [4.69, 9.17) is 34.8 Å². The largest absolute Gasteiger partial charge is 0.111 e. The maximum absolute atomic E-state index is 6.25. The summed E-state index contributed by atoms with van der Waals surface area (Å²) < 4.78 is 1.39. The van der Waals surface area contributed by atoms with E-state index in [1.54, 1.807) is 0 Å². The van der Waals surface area contributed by atoms with Crippen molar-refractivity contribution < 1.29 is 0 Å². The fourth-order valence-corrected chi connectivity index (χ4v) is 5.00. The van der Waals surface area contributed by atoms with Crippen LogP contribution in [0.1, 0.15) is 16.0 Å². The van der Waals surface area contributed by atoms with Crippen LogP contribution in [0.5, 0.6) is 0 Å². The van der Waals surface area contributed by atoms with Gasteiger partial charge in [-0.25, -0.2) is 0 Å². The highest BCUT2D eigenvalue weighted by atomic mass is 79.9. The molecule has 0 aliphatic heterocycles. The van der Waals surface area contributed by atoms with Crippen LogP contribution in [0.3, 0.4) is 0 Å². The second kappa shape index (κ2) is 5.86. The Morgan fingerprint density at radius 3 is 2.25 bits per heavy atom. The molecule has 3 aromatic rings. The molecule has 1 aromatic heterocycles. The third kappa shape index (κ3) is 2.60. The van der Waals surface area contributed by atoms with Gasteiger partial charge in [-0.05, 0) is 23.1 Å². The van der Waals surface area contributed by atoms with Crippen LogP contribution in [-0.2, 0) is 0 Å². The summed E-state index contributed by atoms with van der Waals surface area (Å²) in [5, 5.41) is 2.90. The van der Waals surface area contributed by atoms with Gasteiger partial charge in [-0.3, -0.25) is 0 Å². The summed E-state index contributed by atoms with van der Waals surface area (Å²) >= 11 is 23.6. The molecule has 20 heavy (non-hydrogen) atoms. The SMILES string of the molecule is Clc1cc(C(Br)c2ccc(Cl)c3ccccc23)c(Cl)s1. The van der Waals surface area contributed by atoms with Crippen LogP contribution in [0.25, 0.3) is 10.8 Å². The van der Waals surface area contributed by atoms with E-state index in [-0.39, 0.29) is 4.83 Å². The van der Waals surface area contributed by atoms with E-state index < -0.39 is 0 Å². The minimum absolute atomic E-state index is 0.0130. The number of hydrogen-bond acceptors (Lipinski definition) is 1. The summed E-state index contributed by atoms with van der Waals surface area (Å²) in [5.41, 5.74) is 2.11. The van der Waals surface area contributed by atoms with Crippen molar-refractivity contribution in [2.45, 2.75) is 4.83 Å². The Hall–Kier alpha value is -0.250. The molecule has 1 heterocycles. The van der Waals surface area contributed by atoms with E-state index in [1.807, 2.05) is 36.4 Å². The normalized spacial score (nSPS) is 12.8. The van der Waals surface area contributed by atoms with E-state index in [1.165, 1.54) is 11.3 Å². The van der Waals surface area contributed by atoms with Crippen LogP contribution < -0.4 is 0 Å². The molecule has 0 radical (unpaired) electrons. The molecule has 0 N–H and O–H groups in total. The van der Waals surface area contributed by atoms with Crippen LogP contribution in [0, 0.1) is 0 Å². The van der Waals surface area contributed by atoms with Crippen molar-refractivity contribution in [3.05, 3.63) is 67.3 Å². The summed E-state index contributed by atoms with van der Waals surface area (Å²) in [7, 11) is 0. The standard InChI is InChI=1S/C15H8BrCl3S/c16-14(11-7-13(18)20-15(11)19)10-5-6-12(17)9-4-2-1-3-8(9)10/h1-7,14H. The zero-order valence-electron chi connectivity index (χ0n) is 10.0. The minimum atomic E-state index is -0.0130. The van der Waals surface area contributed by atoms with E-state index >= 15 is 0 Å². The zero-order valence-corrected chi connectivity index (χ0v) is 14.7. The van der Waals surface area contributed by atoms with E-state index in [2.05, 4.69) is 22.0 Å². The molecule has 5 heteroatoms. The lowest BCUT2D eigenvalue weighted by Gasteiger charge is -2.13. The van der Waals surface area contributed by atoms with Gasteiger partial charge in [-0.15, -0.1) is 11.3 Å². The molecule has 0 fully saturated rings. The molecule has 0 aliphatic rings. The topological polar surface area (TPSA) is 0 Å². The van der Waals surface area contributed by atoms with Crippen molar-refractivity contribution in [2.24, 2.45) is 0 Å². The van der Waals surface area contributed by atoms with Gasteiger partial charge in [0.2, 0.25) is 0 Å². The van der Waals surface area contributed by atoms with Crippen molar-refractivity contribution in [3.63, 3.8) is 0 Å². The second-order valence-corrected chi connectivity index (χ2v) is 7.93. The maximum atomic E-state index is 6.25. The Kier molecular flexibility index (Phi) is 4.30. The highest BCUT2D eigenvalue weighted by molar-refractivity contribution is 9.09. The quantitative estimate of drug-likeness (QED) is 0.390. The van der Waals surface area contributed by atoms with Crippen LogP contribution >= 0.6 is 62.1 Å². The average molecular weight is 407 g/mol. The Morgan fingerprint density at radius 2 is 1.60 bits per heavy atom. The van der Waals surface area contributed by atoms with E-state index in [0.717, 1.165) is 26.9 Å². The number of hydrogen-bond donors (Lipinski definition) is 0. The molecule has 3 rings (SSSR count). The van der Waals surface area contributed by atoms with Crippen molar-refractivity contribution in [3.8, 4) is 0 Å². The lowest BCUT2D eigenvalue weighted by atomic mass is 9.99. The Labute approximate surface area is 144 Å². The molecule has 1 atom stereocenters. The van der Waals surface area contributed by atoms with Crippen molar-refractivity contribution >= 4 is 72.8 Å². The zero-order chi connectivity index (χ0) is 14.3. The van der Waals surface area contributed by atoms with Gasteiger partial charge in [-0.2, -0.15) is 0 Å². The molecule has 0 nitrogen and oxygen atoms in total. The molecular weight excluding hydrogens is 398 g/mol. The van der Waals surface area contributed by atoms with Gasteiger partial charge in [0.05, 0.1) is 13.5 Å². The van der Waals surface area contributed by atoms with Gasteiger partial charge in [0.25, 0.3) is 0 Å². The Morgan fingerprint density at radius 1 is 0.900 bits per heavy atom. The lowest BCUT2D eigenvalue weighted by molar-refractivity contribution is 1.22. The first-order chi connectivity index (χ1) is 9.58. The van der Waals surface area contributed by atoms with Crippen molar-refractivity contribution in [1.82, 2.24) is 0 Å². The average Bonchev–Trinajstić information content (AvgIpc) is 2.78. The first-order valence-corrected chi connectivity index (χ1v) is 8.70. The first-order valence-electron chi connectivity index (χ1n) is 5.84. The highest BCUT2D eigenvalue weighted by Gasteiger charge is 2.19. The number of fused-ring (bicyclic) bond motifs is 1. The Balaban J connectivity index is 2.20. The number of benzene rings is 2. The van der Waals surface area contributed by atoms with Crippen molar-refractivity contribution in [2.75, 3.05) is 0 Å². The maximum Gasteiger partial charge on any atom is 0.0990 e. The van der Waals surface area contributed by atoms with Gasteiger partial charge in [0, 0.05) is 16.0 Å². The molecule has 0 bridgehead atoms. The molecule has 1 unspecified atom stereocenters.